The minimum atomic E-state index is -1.03. The molecule has 1 atom stereocenters. The molecule has 0 saturated heterocycles. The number of methoxy groups -OCH3 is 2. The highest BCUT2D eigenvalue weighted by molar-refractivity contribution is 5.94. The van der Waals surface area contributed by atoms with Crippen molar-refractivity contribution >= 4 is 23.5 Å². The average Bonchev–Trinajstić information content (AvgIpc) is 3.28. The first-order valence-electron chi connectivity index (χ1n) is 12.9. The van der Waals surface area contributed by atoms with Crippen molar-refractivity contribution < 1.29 is 28.4 Å². The minimum absolute atomic E-state index is 0.0922. The maximum Gasteiger partial charge on any atom is 0.248 e. The lowest BCUT2D eigenvalue weighted by Crippen LogP contribution is -2.56. The van der Waals surface area contributed by atoms with Gasteiger partial charge < -0.3 is 29.5 Å². The first kappa shape index (κ1) is 30.7. The lowest BCUT2D eigenvalue weighted by atomic mass is 9.91. The number of aryl methyl sites for hydroxylation is 1. The van der Waals surface area contributed by atoms with E-state index >= 15 is 0 Å². The van der Waals surface area contributed by atoms with E-state index in [4.69, 9.17) is 14.0 Å². The lowest BCUT2D eigenvalue weighted by Gasteiger charge is -2.44. The van der Waals surface area contributed by atoms with Crippen LogP contribution in [0.4, 0.5) is 5.82 Å². The molecule has 3 amide bonds. The van der Waals surface area contributed by atoms with Gasteiger partial charge in [-0.15, -0.1) is 0 Å². The molecule has 0 saturated carbocycles. The van der Waals surface area contributed by atoms with Crippen LogP contribution in [-0.2, 0) is 14.4 Å². The molecule has 10 heteroatoms. The summed E-state index contributed by atoms with van der Waals surface area (Å²) < 4.78 is 16.1. The van der Waals surface area contributed by atoms with Crippen molar-refractivity contribution in [1.29, 1.82) is 0 Å². The number of carbonyl (C=O) groups excluding carboxylic acids is 3. The van der Waals surface area contributed by atoms with Gasteiger partial charge in [-0.05, 0) is 53.5 Å². The van der Waals surface area contributed by atoms with Gasteiger partial charge >= 0.3 is 0 Å². The molecule has 1 heterocycles. The molecule has 0 fully saturated rings. The number of aromatic nitrogens is 1. The van der Waals surface area contributed by atoms with E-state index in [1.165, 1.54) is 14.2 Å². The Labute approximate surface area is 225 Å². The minimum Gasteiger partial charge on any atom is -0.493 e. The van der Waals surface area contributed by atoms with Crippen LogP contribution in [0.5, 0.6) is 11.5 Å². The van der Waals surface area contributed by atoms with Crippen LogP contribution in [0.1, 0.15) is 84.6 Å². The number of para-hydroxylation sites is 1. The Morgan fingerprint density at radius 1 is 1.05 bits per heavy atom. The molecule has 38 heavy (non-hydrogen) atoms. The Bertz CT molecular complexity index is 1120. The second-order valence-corrected chi connectivity index (χ2v) is 10.5. The predicted octanol–water partition coefficient (Wildman–Crippen LogP) is 4.78. The number of ether oxygens (including phenoxy) is 2. The Hall–Kier alpha value is -3.56. The molecular formula is C28H42N4O6. The number of anilines is 1. The van der Waals surface area contributed by atoms with Crippen molar-refractivity contribution in [2.24, 2.45) is 0 Å². The molecule has 0 aliphatic rings. The summed E-state index contributed by atoms with van der Waals surface area (Å²) in [5.41, 5.74) is -0.751. The average molecular weight is 531 g/mol. The fraction of sp³-hybridized carbons (Fsp3) is 0.571. The standard InChI is InChI=1S/C28H42N4O6/c1-10-27(4,5)30-26(35)24(19-13-12-14-20(36-8)25(19)37-9)32(28(6,7)11-2)23(34)16-15-22(33)29-21-17-18(3)38-31-21/h12-14,17,24H,10-11,15-16H2,1-9H3,(H,30,35)(H,29,31,33)/t24-/m1/s1. The van der Waals surface area contributed by atoms with Crippen LogP contribution in [0.25, 0.3) is 0 Å². The van der Waals surface area contributed by atoms with Crippen LogP contribution in [0.3, 0.4) is 0 Å². The first-order chi connectivity index (χ1) is 17.8. The second kappa shape index (κ2) is 12.8. The quantitative estimate of drug-likeness (QED) is 0.382. The van der Waals surface area contributed by atoms with E-state index in [-0.39, 0.29) is 36.4 Å². The highest BCUT2D eigenvalue weighted by atomic mass is 16.5. The molecular weight excluding hydrogens is 488 g/mol. The zero-order chi connectivity index (χ0) is 28.7. The largest absolute Gasteiger partial charge is 0.493 e. The molecule has 0 radical (unpaired) electrons. The Kier molecular flexibility index (Phi) is 10.3. The van der Waals surface area contributed by atoms with Crippen molar-refractivity contribution in [3.8, 4) is 11.5 Å². The van der Waals surface area contributed by atoms with Crippen molar-refractivity contribution in [3.05, 3.63) is 35.6 Å². The highest BCUT2D eigenvalue weighted by Crippen LogP contribution is 2.41. The topological polar surface area (TPSA) is 123 Å². The third-order valence-electron chi connectivity index (χ3n) is 6.83. The number of nitrogens with zero attached hydrogens (tertiary/aromatic N) is 2. The molecule has 1 aromatic carbocycles. The molecule has 2 N–H and O–H groups in total. The number of nitrogens with one attached hydrogen (secondary N) is 2. The summed E-state index contributed by atoms with van der Waals surface area (Å²) in [6.07, 6.45) is 1.05. The van der Waals surface area contributed by atoms with E-state index < -0.39 is 17.1 Å². The Balaban J connectivity index is 2.52. The van der Waals surface area contributed by atoms with E-state index in [1.807, 2.05) is 41.5 Å². The van der Waals surface area contributed by atoms with Crippen LogP contribution >= 0.6 is 0 Å². The SMILES string of the molecule is CCC(C)(C)NC(=O)[C@@H](c1cccc(OC)c1OC)N(C(=O)CCC(=O)Nc1cc(C)on1)C(C)(C)CC. The van der Waals surface area contributed by atoms with E-state index in [0.717, 1.165) is 0 Å². The Morgan fingerprint density at radius 2 is 1.74 bits per heavy atom. The monoisotopic (exact) mass is 530 g/mol. The molecule has 0 spiro atoms. The smallest absolute Gasteiger partial charge is 0.248 e. The zero-order valence-corrected chi connectivity index (χ0v) is 24.1. The normalized spacial score (nSPS) is 12.4. The van der Waals surface area contributed by atoms with Gasteiger partial charge in [-0.3, -0.25) is 14.4 Å². The van der Waals surface area contributed by atoms with Gasteiger partial charge in [0.25, 0.3) is 0 Å². The maximum atomic E-state index is 14.0. The fourth-order valence-corrected chi connectivity index (χ4v) is 3.99. The summed E-state index contributed by atoms with van der Waals surface area (Å²) in [6, 6.07) is 5.82. The summed E-state index contributed by atoms with van der Waals surface area (Å²) in [6.45, 7) is 13.3. The summed E-state index contributed by atoms with van der Waals surface area (Å²) in [4.78, 5) is 42.0. The van der Waals surface area contributed by atoms with Crippen molar-refractivity contribution in [2.75, 3.05) is 19.5 Å². The van der Waals surface area contributed by atoms with Gasteiger partial charge in [0.05, 0.1) is 14.2 Å². The summed E-state index contributed by atoms with van der Waals surface area (Å²) >= 11 is 0. The van der Waals surface area contributed by atoms with Crippen LogP contribution in [0, 0.1) is 6.92 Å². The number of carbonyl (C=O) groups is 3. The molecule has 1 aromatic heterocycles. The van der Waals surface area contributed by atoms with Crippen LogP contribution in [0.2, 0.25) is 0 Å². The van der Waals surface area contributed by atoms with Crippen LogP contribution < -0.4 is 20.1 Å². The second-order valence-electron chi connectivity index (χ2n) is 10.5. The first-order valence-corrected chi connectivity index (χ1v) is 12.9. The third kappa shape index (κ3) is 7.49. The summed E-state index contributed by atoms with van der Waals surface area (Å²) in [5, 5.41) is 9.49. The maximum absolute atomic E-state index is 14.0. The van der Waals surface area contributed by atoms with E-state index in [0.29, 0.717) is 35.7 Å². The van der Waals surface area contributed by atoms with E-state index in [2.05, 4.69) is 15.8 Å². The van der Waals surface area contributed by atoms with Crippen LogP contribution in [-0.4, -0.2) is 53.1 Å². The molecule has 0 bridgehead atoms. The van der Waals surface area contributed by atoms with E-state index in [9.17, 15) is 14.4 Å². The number of hydrogen-bond donors (Lipinski definition) is 2. The van der Waals surface area contributed by atoms with Crippen molar-refractivity contribution in [2.45, 2.75) is 91.3 Å². The number of amides is 3. The molecule has 10 nitrogen and oxygen atoms in total. The van der Waals surface area contributed by atoms with Gasteiger partial charge in [0.1, 0.15) is 11.8 Å². The third-order valence-corrected chi connectivity index (χ3v) is 6.83. The van der Waals surface area contributed by atoms with Gasteiger partial charge in [0.15, 0.2) is 17.3 Å². The van der Waals surface area contributed by atoms with Crippen LogP contribution in [0.15, 0.2) is 28.8 Å². The highest BCUT2D eigenvalue weighted by Gasteiger charge is 2.42. The summed E-state index contributed by atoms with van der Waals surface area (Å²) in [7, 11) is 3.02. The van der Waals surface area contributed by atoms with Crippen molar-refractivity contribution in [3.63, 3.8) is 0 Å². The molecule has 2 rings (SSSR count). The van der Waals surface area contributed by atoms with Gasteiger partial charge in [-0.2, -0.15) is 0 Å². The molecule has 0 aliphatic carbocycles. The zero-order valence-electron chi connectivity index (χ0n) is 24.1. The summed E-state index contributed by atoms with van der Waals surface area (Å²) in [5.74, 6) is 0.584. The molecule has 2 aromatic rings. The van der Waals surface area contributed by atoms with Gasteiger partial charge in [-0.25, -0.2) is 0 Å². The molecule has 210 valence electrons. The predicted molar refractivity (Wildman–Crippen MR) is 145 cm³/mol. The van der Waals surface area contributed by atoms with E-state index in [1.54, 1.807) is 36.1 Å². The van der Waals surface area contributed by atoms with Gasteiger partial charge in [-0.1, -0.05) is 31.1 Å². The fourth-order valence-electron chi connectivity index (χ4n) is 3.99. The number of benzene rings is 1. The number of rotatable bonds is 13. The Morgan fingerprint density at radius 3 is 2.26 bits per heavy atom. The number of hydrogen-bond acceptors (Lipinski definition) is 7. The van der Waals surface area contributed by atoms with Gasteiger partial charge in [0, 0.05) is 35.5 Å². The molecule has 0 unspecified atom stereocenters. The van der Waals surface area contributed by atoms with Gasteiger partial charge in [0.2, 0.25) is 17.7 Å². The van der Waals surface area contributed by atoms with Crippen molar-refractivity contribution in [1.82, 2.24) is 15.4 Å². The lowest BCUT2D eigenvalue weighted by molar-refractivity contribution is -0.148. The molecule has 0 aliphatic heterocycles.